The minimum Gasteiger partial charge on any atom is -0.326 e. The van der Waals surface area contributed by atoms with Crippen molar-refractivity contribution in [1.82, 2.24) is 4.67 Å². The van der Waals surface area contributed by atoms with E-state index in [-0.39, 0.29) is 5.54 Å². The van der Waals surface area contributed by atoms with Crippen molar-refractivity contribution in [3.8, 4) is 0 Å². The van der Waals surface area contributed by atoms with Crippen LogP contribution in [0.2, 0.25) is 12.1 Å². The third-order valence-corrected chi connectivity index (χ3v) is 13.7. The third-order valence-electron chi connectivity index (χ3n) is 6.41. The molecule has 0 amide bonds. The van der Waals surface area contributed by atoms with Crippen LogP contribution in [0.25, 0.3) is 0 Å². The van der Waals surface area contributed by atoms with Crippen LogP contribution in [-0.4, -0.2) is 30.9 Å². The lowest BCUT2D eigenvalue weighted by Gasteiger charge is -2.34. The second-order valence-corrected chi connectivity index (χ2v) is 13.6. The van der Waals surface area contributed by atoms with Crippen molar-refractivity contribution in [2.45, 2.75) is 36.6 Å². The van der Waals surface area contributed by atoms with Gasteiger partial charge in [-0.1, -0.05) is 77.6 Å². The lowest BCUT2D eigenvalue weighted by Crippen LogP contribution is -2.58. The van der Waals surface area contributed by atoms with Gasteiger partial charge in [0, 0.05) is 12.1 Å². The summed E-state index contributed by atoms with van der Waals surface area (Å²) in [5.74, 6) is 0. The van der Waals surface area contributed by atoms with Crippen LogP contribution >= 0.6 is 18.9 Å². The molecule has 0 N–H and O–H groups in total. The summed E-state index contributed by atoms with van der Waals surface area (Å²) in [6.07, 6.45) is 2.84. The maximum absolute atomic E-state index is 6.52. The summed E-state index contributed by atoms with van der Waals surface area (Å²) in [5.41, 5.74) is 0.829. The Morgan fingerprint density at radius 1 is 1.08 bits per heavy atom. The van der Waals surface area contributed by atoms with Gasteiger partial charge >= 0.3 is 0 Å². The SMILES string of the molecule is C[Si](c1ccccc1)(c1ccccc1)C1[C@H]2OP(Cl)N3CCC[C@]123. The molecular formula is C19H21ClNOPSi. The van der Waals surface area contributed by atoms with Crippen molar-refractivity contribution in [2.24, 2.45) is 0 Å². The van der Waals surface area contributed by atoms with Crippen LogP contribution < -0.4 is 10.4 Å². The van der Waals surface area contributed by atoms with Crippen molar-refractivity contribution >= 4 is 37.3 Å². The molecule has 0 aromatic heterocycles. The van der Waals surface area contributed by atoms with E-state index in [1.54, 1.807) is 0 Å². The fourth-order valence-electron chi connectivity index (χ4n) is 5.27. The highest BCUT2D eigenvalue weighted by molar-refractivity contribution is 7.78. The Kier molecular flexibility index (Phi) is 3.49. The van der Waals surface area contributed by atoms with Gasteiger partial charge in [0.25, 0.3) is 0 Å². The smallest absolute Gasteiger partial charge is 0.207 e. The summed E-state index contributed by atoms with van der Waals surface area (Å²) in [5, 5.41) is 3.03. The fourth-order valence-corrected chi connectivity index (χ4v) is 13.1. The monoisotopic (exact) mass is 373 g/mol. The van der Waals surface area contributed by atoms with Gasteiger partial charge in [0.15, 0.2) is 0 Å². The van der Waals surface area contributed by atoms with E-state index in [0.717, 1.165) is 6.54 Å². The second-order valence-electron chi connectivity index (χ2n) is 7.38. The Morgan fingerprint density at radius 2 is 1.67 bits per heavy atom. The first-order chi connectivity index (χ1) is 11.7. The molecule has 2 aromatic rings. The number of hydrogen-bond acceptors (Lipinski definition) is 2. The van der Waals surface area contributed by atoms with Crippen LogP contribution in [-0.2, 0) is 4.52 Å². The van der Waals surface area contributed by atoms with E-state index in [9.17, 15) is 0 Å². The van der Waals surface area contributed by atoms with Crippen LogP contribution in [0.5, 0.6) is 0 Å². The molecule has 3 aliphatic rings. The topological polar surface area (TPSA) is 12.5 Å². The van der Waals surface area contributed by atoms with Gasteiger partial charge in [-0.15, -0.1) is 0 Å². The molecule has 2 aromatic carbocycles. The Hall–Kier alpha value is -0.703. The van der Waals surface area contributed by atoms with Gasteiger partial charge in [-0.25, -0.2) is 4.67 Å². The molecule has 5 rings (SSSR count). The van der Waals surface area contributed by atoms with E-state index >= 15 is 0 Å². The van der Waals surface area contributed by atoms with Crippen molar-refractivity contribution in [3.05, 3.63) is 60.7 Å². The van der Waals surface area contributed by atoms with Crippen LogP contribution in [0, 0.1) is 0 Å². The first-order valence-corrected chi connectivity index (χ1v) is 13.4. The molecule has 2 aliphatic heterocycles. The molecule has 2 nitrogen and oxygen atoms in total. The van der Waals surface area contributed by atoms with Gasteiger partial charge in [0.05, 0.1) is 11.6 Å². The van der Waals surface area contributed by atoms with Crippen molar-refractivity contribution in [2.75, 3.05) is 6.54 Å². The maximum atomic E-state index is 6.52. The minimum atomic E-state index is -1.90. The zero-order chi connectivity index (χ0) is 16.4. The van der Waals surface area contributed by atoms with Gasteiger partial charge in [0.1, 0.15) is 8.07 Å². The van der Waals surface area contributed by atoms with Crippen LogP contribution in [0.1, 0.15) is 12.8 Å². The zero-order valence-electron chi connectivity index (χ0n) is 13.7. The third kappa shape index (κ3) is 1.88. The molecule has 24 heavy (non-hydrogen) atoms. The molecule has 2 saturated heterocycles. The largest absolute Gasteiger partial charge is 0.326 e. The average molecular weight is 374 g/mol. The predicted octanol–water partition coefficient (Wildman–Crippen LogP) is 3.96. The summed E-state index contributed by atoms with van der Waals surface area (Å²) < 4.78 is 8.80. The molecule has 2 unspecified atom stereocenters. The molecule has 1 aliphatic carbocycles. The van der Waals surface area contributed by atoms with Crippen molar-refractivity contribution < 1.29 is 4.52 Å². The molecule has 124 valence electrons. The summed E-state index contributed by atoms with van der Waals surface area (Å²) in [6.45, 7) is 3.64. The maximum Gasteiger partial charge on any atom is 0.207 e. The standard InChI is InChI=1S/C19H21ClNOPSi/c1-24(15-9-4-2-5-10-15,16-11-6-3-7-12-16)18-17-19(18)13-8-14-21(19)23(20)22-17/h2-7,9-12,17-18H,8,13-14H2,1H3/t17-,18?,19-,23?/m1/s1. The molecule has 0 radical (unpaired) electrons. The highest BCUT2D eigenvalue weighted by Crippen LogP contribution is 2.79. The Balaban J connectivity index is 1.65. The Labute approximate surface area is 150 Å². The van der Waals surface area contributed by atoms with E-state index in [0.29, 0.717) is 11.6 Å². The quantitative estimate of drug-likeness (QED) is 0.596. The number of hydrogen-bond donors (Lipinski definition) is 0. The number of benzene rings is 2. The van der Waals surface area contributed by atoms with Crippen LogP contribution in [0.15, 0.2) is 60.7 Å². The molecule has 1 saturated carbocycles. The predicted molar refractivity (Wildman–Crippen MR) is 104 cm³/mol. The van der Waals surface area contributed by atoms with Crippen molar-refractivity contribution in [1.29, 1.82) is 0 Å². The van der Waals surface area contributed by atoms with Gasteiger partial charge in [-0.2, -0.15) is 0 Å². The lowest BCUT2D eigenvalue weighted by atomic mass is 10.2. The summed E-state index contributed by atoms with van der Waals surface area (Å²) >= 11 is 6.52. The van der Waals surface area contributed by atoms with Crippen LogP contribution in [0.4, 0.5) is 0 Å². The van der Waals surface area contributed by atoms with E-state index in [4.69, 9.17) is 15.8 Å². The Bertz CT molecular complexity index is 721. The molecule has 5 heteroatoms. The minimum absolute atomic E-state index is 0.222. The summed E-state index contributed by atoms with van der Waals surface area (Å²) in [4.78, 5) is 0. The van der Waals surface area contributed by atoms with Gasteiger partial charge in [-0.05, 0) is 24.1 Å². The second kappa shape index (κ2) is 5.39. The molecule has 1 spiro atoms. The van der Waals surface area contributed by atoms with Gasteiger partial charge < -0.3 is 4.52 Å². The van der Waals surface area contributed by atoms with Crippen molar-refractivity contribution in [3.63, 3.8) is 0 Å². The number of nitrogens with zero attached hydrogens (tertiary/aromatic N) is 1. The first-order valence-electron chi connectivity index (χ1n) is 8.70. The summed E-state index contributed by atoms with van der Waals surface area (Å²) in [7, 11) is -2.79. The molecule has 3 fully saturated rings. The van der Waals surface area contributed by atoms with Crippen LogP contribution in [0.3, 0.4) is 0 Å². The highest BCUT2D eigenvalue weighted by atomic mass is 35.7. The van der Waals surface area contributed by atoms with Gasteiger partial charge in [-0.3, -0.25) is 0 Å². The zero-order valence-corrected chi connectivity index (χ0v) is 16.4. The Morgan fingerprint density at radius 3 is 2.25 bits per heavy atom. The molecule has 2 heterocycles. The molecule has 0 bridgehead atoms. The van der Waals surface area contributed by atoms with Gasteiger partial charge in [0.2, 0.25) is 7.65 Å². The van der Waals surface area contributed by atoms with E-state index in [1.807, 2.05) is 0 Å². The van der Waals surface area contributed by atoms with E-state index in [1.165, 1.54) is 23.2 Å². The number of rotatable bonds is 3. The average Bonchev–Trinajstić information content (AvgIpc) is 2.94. The van der Waals surface area contributed by atoms with E-state index < -0.39 is 15.7 Å². The molecule has 4 atom stereocenters. The normalized spacial score (nSPS) is 34.8. The molecular weight excluding hydrogens is 353 g/mol. The van der Waals surface area contributed by atoms with E-state index in [2.05, 4.69) is 71.9 Å². The highest BCUT2D eigenvalue weighted by Gasteiger charge is 2.81. The first kappa shape index (κ1) is 15.5. The lowest BCUT2D eigenvalue weighted by molar-refractivity contribution is 0.333. The number of halogens is 1. The fraction of sp³-hybridized carbons (Fsp3) is 0.368. The summed E-state index contributed by atoms with van der Waals surface area (Å²) in [6, 6.07) is 22.3.